The van der Waals surface area contributed by atoms with E-state index in [1.54, 1.807) is 0 Å². The third-order valence-electron chi connectivity index (χ3n) is 3.30. The van der Waals surface area contributed by atoms with Gasteiger partial charge in [-0.05, 0) is 13.8 Å². The quantitative estimate of drug-likeness (QED) is 0.624. The highest BCUT2D eigenvalue weighted by atomic mass is 31.1. The number of H-pyrrole nitrogens is 1. The van der Waals surface area contributed by atoms with E-state index >= 15 is 0 Å². The van der Waals surface area contributed by atoms with Crippen LogP contribution in [0.3, 0.4) is 0 Å². The van der Waals surface area contributed by atoms with E-state index in [9.17, 15) is 19.3 Å². The lowest BCUT2D eigenvalue weighted by Gasteiger charge is -2.20. The van der Waals surface area contributed by atoms with Crippen molar-refractivity contribution >= 4 is 8.25 Å². The van der Waals surface area contributed by atoms with Gasteiger partial charge in [0.15, 0.2) is 0 Å². The molecule has 0 aliphatic carbocycles. The number of aromatic amines is 1. The van der Waals surface area contributed by atoms with Gasteiger partial charge in [0.1, 0.15) is 12.3 Å². The van der Waals surface area contributed by atoms with Crippen molar-refractivity contribution in [2.24, 2.45) is 0 Å². The smallest absolute Gasteiger partial charge is 0.330 e. The van der Waals surface area contributed by atoms with Crippen LogP contribution in [0.4, 0.5) is 0 Å². The zero-order valence-electron chi connectivity index (χ0n) is 11.5. The molecule has 5 atom stereocenters. The summed E-state index contributed by atoms with van der Waals surface area (Å²) in [6.45, 7) is 3.00. The minimum absolute atomic E-state index is 0.109. The van der Waals surface area contributed by atoms with E-state index in [1.807, 2.05) is 0 Å². The number of hydrogen-bond acceptors (Lipinski definition) is 6. The van der Waals surface area contributed by atoms with Gasteiger partial charge in [-0.3, -0.25) is 18.9 Å². The molecule has 1 aromatic heterocycles. The van der Waals surface area contributed by atoms with Crippen molar-refractivity contribution in [3.8, 4) is 0 Å². The maximum Gasteiger partial charge on any atom is 0.330 e. The lowest BCUT2D eigenvalue weighted by molar-refractivity contribution is -0.0735. The molecule has 10 heteroatoms. The van der Waals surface area contributed by atoms with Gasteiger partial charge in [-0.25, -0.2) is 4.79 Å². The molecule has 0 saturated carbocycles. The van der Waals surface area contributed by atoms with Gasteiger partial charge < -0.3 is 19.3 Å². The van der Waals surface area contributed by atoms with Crippen molar-refractivity contribution in [2.75, 3.05) is 0 Å². The molecule has 0 amide bonds. The average Bonchev–Trinajstić information content (AvgIpc) is 2.76. The summed E-state index contributed by atoms with van der Waals surface area (Å²) in [7, 11) is -3.20. The molecule has 1 aliphatic rings. The molecule has 118 valence electrons. The van der Waals surface area contributed by atoms with Crippen LogP contribution in [0.2, 0.25) is 0 Å². The second kappa shape index (κ2) is 6.25. The second-order valence-corrected chi connectivity index (χ2v) is 5.70. The molecule has 1 fully saturated rings. The van der Waals surface area contributed by atoms with Crippen molar-refractivity contribution in [1.82, 2.24) is 9.55 Å². The summed E-state index contributed by atoms with van der Waals surface area (Å²) in [6, 6.07) is 0. The van der Waals surface area contributed by atoms with Crippen LogP contribution >= 0.6 is 8.25 Å². The summed E-state index contributed by atoms with van der Waals surface area (Å²) < 4.78 is 22.4. The number of aliphatic hydroxyl groups is 1. The van der Waals surface area contributed by atoms with Crippen LogP contribution in [0, 0.1) is 6.92 Å². The molecule has 2 heterocycles. The summed E-state index contributed by atoms with van der Waals surface area (Å²) in [5.74, 6) is 0. The highest BCUT2D eigenvalue weighted by Crippen LogP contribution is 2.36. The summed E-state index contributed by atoms with van der Waals surface area (Å²) in [4.78, 5) is 34.2. The Balaban J connectivity index is 2.30. The summed E-state index contributed by atoms with van der Waals surface area (Å²) in [5.41, 5.74) is -0.821. The molecular weight excluding hydrogens is 303 g/mol. The van der Waals surface area contributed by atoms with Gasteiger partial charge in [-0.1, -0.05) is 0 Å². The highest BCUT2D eigenvalue weighted by molar-refractivity contribution is 7.32. The molecule has 0 aromatic carbocycles. The van der Waals surface area contributed by atoms with Gasteiger partial charge in [-0.15, -0.1) is 0 Å². The first-order valence-corrected chi connectivity index (χ1v) is 7.61. The number of aromatic nitrogens is 2. The summed E-state index contributed by atoms with van der Waals surface area (Å²) >= 11 is 0. The number of rotatable bonds is 4. The van der Waals surface area contributed by atoms with E-state index in [4.69, 9.17) is 14.2 Å². The van der Waals surface area contributed by atoms with Crippen LogP contribution in [0.1, 0.15) is 25.1 Å². The molecule has 3 N–H and O–H groups in total. The molecule has 2 rings (SSSR count). The van der Waals surface area contributed by atoms with Crippen molar-refractivity contribution in [3.63, 3.8) is 0 Å². The van der Waals surface area contributed by atoms with Gasteiger partial charge in [0.25, 0.3) is 5.56 Å². The summed E-state index contributed by atoms with van der Waals surface area (Å²) in [5, 5.41) is 9.65. The molecular formula is C11H17N2O7P. The van der Waals surface area contributed by atoms with E-state index in [2.05, 4.69) is 4.98 Å². The fraction of sp³-hybridized carbons (Fsp3) is 0.636. The third-order valence-corrected chi connectivity index (χ3v) is 3.80. The topological polar surface area (TPSA) is 131 Å². The van der Waals surface area contributed by atoms with Gasteiger partial charge in [0.2, 0.25) is 0 Å². The van der Waals surface area contributed by atoms with Crippen molar-refractivity contribution in [1.29, 1.82) is 0 Å². The summed E-state index contributed by atoms with van der Waals surface area (Å²) in [6.07, 6.45) is -1.94. The highest BCUT2D eigenvalue weighted by Gasteiger charge is 2.41. The minimum Gasteiger partial charge on any atom is -0.391 e. The van der Waals surface area contributed by atoms with E-state index in [0.29, 0.717) is 5.56 Å². The first kappa shape index (κ1) is 16.1. The minimum atomic E-state index is -3.20. The molecule has 0 spiro atoms. The molecule has 0 bridgehead atoms. The molecule has 1 aromatic rings. The van der Waals surface area contributed by atoms with Crippen LogP contribution in [0.25, 0.3) is 0 Å². The number of aryl methyl sites for hydroxylation is 1. The third kappa shape index (κ3) is 3.50. The first-order chi connectivity index (χ1) is 9.79. The average molecular weight is 320 g/mol. The lowest BCUT2D eigenvalue weighted by atomic mass is 10.1. The SMILES string of the molecule is Cc1cn([C@H]2C[C@@H](O[PH](=O)O)C([C@@H](C)O)O2)c(=O)[nH]c1=O. The predicted molar refractivity (Wildman–Crippen MR) is 72.4 cm³/mol. The Kier molecular flexibility index (Phi) is 4.80. The van der Waals surface area contributed by atoms with Crippen LogP contribution in [0.5, 0.6) is 0 Å². The van der Waals surface area contributed by atoms with Gasteiger partial charge in [0, 0.05) is 18.2 Å². The lowest BCUT2D eigenvalue weighted by Crippen LogP contribution is -2.34. The van der Waals surface area contributed by atoms with Gasteiger partial charge in [-0.2, -0.15) is 0 Å². The number of nitrogens with one attached hydrogen (secondary N) is 1. The Hall–Kier alpha value is -1.25. The van der Waals surface area contributed by atoms with E-state index in [-0.39, 0.29) is 6.42 Å². The molecule has 1 aliphatic heterocycles. The monoisotopic (exact) mass is 320 g/mol. The van der Waals surface area contributed by atoms with Crippen LogP contribution < -0.4 is 11.2 Å². The van der Waals surface area contributed by atoms with Crippen molar-refractivity contribution in [3.05, 3.63) is 32.6 Å². The van der Waals surface area contributed by atoms with Gasteiger partial charge >= 0.3 is 13.9 Å². The van der Waals surface area contributed by atoms with E-state index in [1.165, 1.54) is 24.6 Å². The molecule has 9 nitrogen and oxygen atoms in total. The maximum atomic E-state index is 11.8. The predicted octanol–water partition coefficient (Wildman–Crippen LogP) is -0.719. The zero-order chi connectivity index (χ0) is 15.7. The molecule has 2 unspecified atom stereocenters. The largest absolute Gasteiger partial charge is 0.391 e. The number of hydrogen-bond donors (Lipinski definition) is 3. The Labute approximate surface area is 120 Å². The molecule has 1 saturated heterocycles. The Morgan fingerprint density at radius 3 is 2.81 bits per heavy atom. The van der Waals surface area contributed by atoms with Crippen LogP contribution in [-0.2, 0) is 13.8 Å². The first-order valence-electron chi connectivity index (χ1n) is 6.34. The van der Waals surface area contributed by atoms with Crippen LogP contribution in [-0.4, -0.2) is 37.9 Å². The molecule has 0 radical (unpaired) electrons. The Morgan fingerprint density at radius 2 is 2.24 bits per heavy atom. The van der Waals surface area contributed by atoms with Crippen LogP contribution in [0.15, 0.2) is 15.8 Å². The fourth-order valence-corrected chi connectivity index (χ4v) is 2.79. The fourth-order valence-electron chi connectivity index (χ4n) is 2.31. The van der Waals surface area contributed by atoms with E-state index in [0.717, 1.165) is 0 Å². The molecule has 21 heavy (non-hydrogen) atoms. The Morgan fingerprint density at radius 1 is 1.57 bits per heavy atom. The number of ether oxygens (including phenoxy) is 1. The van der Waals surface area contributed by atoms with Crippen molar-refractivity contribution in [2.45, 2.75) is 44.8 Å². The zero-order valence-corrected chi connectivity index (χ0v) is 12.5. The number of nitrogens with zero attached hydrogens (tertiary/aromatic N) is 1. The normalized spacial score (nSPS) is 28.5. The van der Waals surface area contributed by atoms with Gasteiger partial charge in [0.05, 0.1) is 12.2 Å². The van der Waals surface area contributed by atoms with E-state index < -0.39 is 44.0 Å². The number of aliphatic hydroxyl groups excluding tert-OH is 1. The van der Waals surface area contributed by atoms with Crippen molar-refractivity contribution < 1.29 is 23.8 Å². The standard InChI is InChI=1S/C11H17N2O7P/c1-5-4-13(11(16)12-10(5)15)8-3-7(20-21(17)18)9(19-8)6(2)14/h4,6-9,14,21H,3H2,1-2H3,(H,17,18)(H,12,15,16)/t6-,7-,8-,9?/m1/s1. The maximum absolute atomic E-state index is 11.8. The Bertz CT molecular complexity index is 653. The second-order valence-electron chi connectivity index (χ2n) is 4.93.